The van der Waals surface area contributed by atoms with E-state index in [9.17, 15) is 8.42 Å². The molecule has 102 valence electrons. The van der Waals surface area contributed by atoms with Crippen LogP contribution < -0.4 is 10.5 Å². The van der Waals surface area contributed by atoms with Crippen LogP contribution in [0, 0.1) is 12.3 Å². The smallest absolute Gasteiger partial charge is 0.240 e. The fraction of sp³-hybridized carbons (Fsp3) is 0.538. The quantitative estimate of drug-likeness (QED) is 0.825. The average molecular weight is 270 g/mol. The first-order chi connectivity index (χ1) is 8.12. The first-order valence-electron chi connectivity index (χ1n) is 5.98. The molecule has 0 heterocycles. The van der Waals surface area contributed by atoms with E-state index in [2.05, 4.69) is 25.5 Å². The van der Waals surface area contributed by atoms with Gasteiger partial charge in [-0.3, -0.25) is 0 Å². The van der Waals surface area contributed by atoms with Gasteiger partial charge in [-0.25, -0.2) is 13.1 Å². The molecular weight excluding hydrogens is 248 g/mol. The van der Waals surface area contributed by atoms with Crippen molar-refractivity contribution < 1.29 is 8.42 Å². The molecule has 0 aliphatic rings. The van der Waals surface area contributed by atoms with E-state index in [0.717, 1.165) is 6.42 Å². The van der Waals surface area contributed by atoms with Crippen LogP contribution in [0.3, 0.4) is 0 Å². The summed E-state index contributed by atoms with van der Waals surface area (Å²) in [5.74, 6) is 0. The van der Waals surface area contributed by atoms with Gasteiger partial charge in [-0.15, -0.1) is 0 Å². The highest BCUT2D eigenvalue weighted by atomic mass is 32.2. The Morgan fingerprint density at radius 1 is 1.28 bits per heavy atom. The molecular formula is C13H22N2O2S. The van der Waals surface area contributed by atoms with Gasteiger partial charge in [-0.2, -0.15) is 0 Å². The maximum atomic E-state index is 12.1. The van der Waals surface area contributed by atoms with Gasteiger partial charge in [-0.05, 0) is 36.5 Å². The molecule has 0 saturated heterocycles. The van der Waals surface area contributed by atoms with E-state index in [4.69, 9.17) is 5.73 Å². The van der Waals surface area contributed by atoms with Crippen molar-refractivity contribution in [1.29, 1.82) is 0 Å². The van der Waals surface area contributed by atoms with E-state index >= 15 is 0 Å². The largest absolute Gasteiger partial charge is 0.399 e. The molecule has 0 unspecified atom stereocenters. The molecule has 4 nitrogen and oxygen atoms in total. The summed E-state index contributed by atoms with van der Waals surface area (Å²) in [6, 6.07) is 4.91. The number of benzene rings is 1. The fourth-order valence-corrected chi connectivity index (χ4v) is 2.85. The molecule has 3 N–H and O–H groups in total. The Morgan fingerprint density at radius 3 is 2.44 bits per heavy atom. The summed E-state index contributed by atoms with van der Waals surface area (Å²) in [6.07, 6.45) is 0.785. The molecule has 0 aliphatic carbocycles. The Balaban J connectivity index is 2.84. The Hall–Kier alpha value is -1.07. The number of aryl methyl sites for hydroxylation is 1. The zero-order chi connectivity index (χ0) is 14.0. The maximum Gasteiger partial charge on any atom is 0.240 e. The predicted octanol–water partition coefficient (Wildman–Crippen LogP) is 2.29. The van der Waals surface area contributed by atoms with Gasteiger partial charge >= 0.3 is 0 Å². The summed E-state index contributed by atoms with van der Waals surface area (Å²) in [4.78, 5) is 0.261. The topological polar surface area (TPSA) is 72.2 Å². The number of nitrogens with one attached hydrogen (secondary N) is 1. The van der Waals surface area contributed by atoms with Crippen LogP contribution in [0.4, 0.5) is 5.69 Å². The average Bonchev–Trinajstić information content (AvgIpc) is 2.19. The summed E-state index contributed by atoms with van der Waals surface area (Å²) < 4.78 is 26.9. The highest BCUT2D eigenvalue weighted by molar-refractivity contribution is 7.89. The number of anilines is 1. The lowest BCUT2D eigenvalue weighted by atomic mass is 9.93. The zero-order valence-corrected chi connectivity index (χ0v) is 12.3. The third kappa shape index (κ3) is 4.31. The molecule has 0 aliphatic heterocycles. The number of nitrogens with two attached hydrogens (primary N) is 1. The summed E-state index contributed by atoms with van der Waals surface area (Å²) in [5, 5.41) is 0. The normalized spacial score (nSPS) is 12.7. The summed E-state index contributed by atoms with van der Waals surface area (Å²) >= 11 is 0. The molecule has 0 aromatic heterocycles. The molecule has 5 heteroatoms. The highest BCUT2D eigenvalue weighted by Gasteiger charge is 2.18. The third-order valence-corrected chi connectivity index (χ3v) is 4.27. The second kappa shape index (κ2) is 5.28. The standard InChI is InChI=1S/C13H22N2O2S/c1-10-5-6-11(14)9-12(10)18(16,17)15-8-7-13(2,3)4/h5-6,9,15H,7-8,14H2,1-4H3. The van der Waals surface area contributed by atoms with Crippen LogP contribution in [-0.4, -0.2) is 15.0 Å². The summed E-state index contributed by atoms with van der Waals surface area (Å²) in [7, 11) is -3.47. The van der Waals surface area contributed by atoms with Gasteiger partial charge in [-0.1, -0.05) is 26.8 Å². The van der Waals surface area contributed by atoms with Crippen molar-refractivity contribution in [2.45, 2.75) is 39.0 Å². The van der Waals surface area contributed by atoms with Crippen LogP contribution in [0.5, 0.6) is 0 Å². The minimum absolute atomic E-state index is 0.104. The van der Waals surface area contributed by atoms with Gasteiger partial charge in [0.05, 0.1) is 4.90 Å². The van der Waals surface area contributed by atoms with Crippen molar-refractivity contribution in [3.05, 3.63) is 23.8 Å². The maximum absolute atomic E-state index is 12.1. The molecule has 0 saturated carbocycles. The number of hydrogen-bond acceptors (Lipinski definition) is 3. The Morgan fingerprint density at radius 2 is 1.89 bits per heavy atom. The van der Waals surface area contributed by atoms with E-state index in [1.807, 2.05) is 0 Å². The van der Waals surface area contributed by atoms with Crippen LogP contribution >= 0.6 is 0 Å². The number of rotatable bonds is 4. The lowest BCUT2D eigenvalue weighted by molar-refractivity contribution is 0.378. The van der Waals surface area contributed by atoms with E-state index < -0.39 is 10.0 Å². The summed E-state index contributed by atoms with van der Waals surface area (Å²) in [5.41, 5.74) is 6.89. The van der Waals surface area contributed by atoms with E-state index in [1.165, 1.54) is 6.07 Å². The molecule has 1 rings (SSSR count). The first-order valence-corrected chi connectivity index (χ1v) is 7.46. The predicted molar refractivity (Wildman–Crippen MR) is 74.9 cm³/mol. The van der Waals surface area contributed by atoms with Gasteiger partial charge in [0.15, 0.2) is 0 Å². The van der Waals surface area contributed by atoms with Crippen LogP contribution in [-0.2, 0) is 10.0 Å². The van der Waals surface area contributed by atoms with Gasteiger partial charge in [0, 0.05) is 12.2 Å². The monoisotopic (exact) mass is 270 g/mol. The minimum atomic E-state index is -3.47. The number of hydrogen-bond donors (Lipinski definition) is 2. The van der Waals surface area contributed by atoms with Crippen molar-refractivity contribution in [3.63, 3.8) is 0 Å². The number of nitrogen functional groups attached to an aromatic ring is 1. The van der Waals surface area contributed by atoms with Crippen molar-refractivity contribution >= 4 is 15.7 Å². The van der Waals surface area contributed by atoms with Crippen LogP contribution in [0.15, 0.2) is 23.1 Å². The van der Waals surface area contributed by atoms with Gasteiger partial charge in [0.25, 0.3) is 0 Å². The Labute approximate surface area is 110 Å². The van der Waals surface area contributed by atoms with E-state index in [-0.39, 0.29) is 10.3 Å². The van der Waals surface area contributed by atoms with Crippen molar-refractivity contribution in [1.82, 2.24) is 4.72 Å². The van der Waals surface area contributed by atoms with Crippen LogP contribution in [0.25, 0.3) is 0 Å². The van der Waals surface area contributed by atoms with Crippen LogP contribution in [0.2, 0.25) is 0 Å². The molecule has 1 aromatic rings. The lowest BCUT2D eigenvalue weighted by Crippen LogP contribution is -2.28. The minimum Gasteiger partial charge on any atom is -0.399 e. The highest BCUT2D eigenvalue weighted by Crippen LogP contribution is 2.20. The second-order valence-electron chi connectivity index (χ2n) is 5.73. The summed E-state index contributed by atoms with van der Waals surface area (Å²) in [6.45, 7) is 8.42. The molecule has 18 heavy (non-hydrogen) atoms. The molecule has 0 spiro atoms. The van der Waals surface area contributed by atoms with Gasteiger partial charge in [0.1, 0.15) is 0 Å². The molecule has 1 aromatic carbocycles. The van der Waals surface area contributed by atoms with Crippen molar-refractivity contribution in [3.8, 4) is 0 Å². The zero-order valence-electron chi connectivity index (χ0n) is 11.4. The molecule has 0 atom stereocenters. The molecule has 0 bridgehead atoms. The Kier molecular flexibility index (Phi) is 4.40. The lowest BCUT2D eigenvalue weighted by Gasteiger charge is -2.18. The molecule has 0 radical (unpaired) electrons. The van der Waals surface area contributed by atoms with Crippen molar-refractivity contribution in [2.75, 3.05) is 12.3 Å². The first kappa shape index (κ1) is 15.0. The fourth-order valence-electron chi connectivity index (χ4n) is 1.54. The third-order valence-electron chi connectivity index (χ3n) is 2.67. The van der Waals surface area contributed by atoms with Gasteiger partial charge in [0.2, 0.25) is 10.0 Å². The number of sulfonamides is 1. The molecule has 0 fully saturated rings. The SMILES string of the molecule is Cc1ccc(N)cc1S(=O)(=O)NCCC(C)(C)C. The van der Waals surface area contributed by atoms with Crippen LogP contribution in [0.1, 0.15) is 32.8 Å². The van der Waals surface area contributed by atoms with E-state index in [0.29, 0.717) is 17.8 Å². The van der Waals surface area contributed by atoms with Crippen molar-refractivity contribution in [2.24, 2.45) is 5.41 Å². The second-order valence-corrected chi connectivity index (χ2v) is 7.47. The Bertz CT molecular complexity index is 516. The molecule has 0 amide bonds. The van der Waals surface area contributed by atoms with E-state index in [1.54, 1.807) is 19.1 Å². The van der Waals surface area contributed by atoms with Gasteiger partial charge < -0.3 is 5.73 Å².